The van der Waals surface area contributed by atoms with Crippen LogP contribution in [0.3, 0.4) is 0 Å². The summed E-state index contributed by atoms with van der Waals surface area (Å²) in [4.78, 5) is 14.6. The first-order valence-corrected chi connectivity index (χ1v) is 5.71. The van der Waals surface area contributed by atoms with Crippen molar-refractivity contribution in [3.63, 3.8) is 0 Å². The summed E-state index contributed by atoms with van der Waals surface area (Å²) in [7, 11) is 1.62. The molecule has 0 fully saturated rings. The maximum Gasteiger partial charge on any atom is 0.176 e. The van der Waals surface area contributed by atoms with Crippen molar-refractivity contribution in [2.24, 2.45) is 0 Å². The summed E-state index contributed by atoms with van der Waals surface area (Å²) in [5.41, 5.74) is 2.45. The van der Waals surface area contributed by atoms with Gasteiger partial charge in [0.1, 0.15) is 5.75 Å². The van der Waals surface area contributed by atoms with Crippen LogP contribution in [0.25, 0.3) is 10.9 Å². The first-order chi connectivity index (χ1) is 7.56. The van der Waals surface area contributed by atoms with E-state index in [0.29, 0.717) is 5.69 Å². The highest BCUT2D eigenvalue weighted by molar-refractivity contribution is 9.10. The molecular weight excluding hydrogens is 270 g/mol. The predicted octanol–water partition coefficient (Wildman–Crippen LogP) is 3.45. The smallest absolute Gasteiger partial charge is 0.176 e. The molecular formula is C12H12BrNO2. The average molecular weight is 282 g/mol. The summed E-state index contributed by atoms with van der Waals surface area (Å²) in [5, 5.41) is 1.00. The molecule has 0 radical (unpaired) electrons. The number of Topliss-reactive ketones (excluding diaryl/α,β-unsaturated/α-hetero) is 1. The molecule has 0 aliphatic carbocycles. The molecule has 0 bridgehead atoms. The van der Waals surface area contributed by atoms with Gasteiger partial charge in [0.25, 0.3) is 0 Å². The highest BCUT2D eigenvalue weighted by Gasteiger charge is 2.16. The Morgan fingerprint density at radius 1 is 1.44 bits per heavy atom. The van der Waals surface area contributed by atoms with Gasteiger partial charge in [0.2, 0.25) is 0 Å². The Morgan fingerprint density at radius 2 is 2.12 bits per heavy atom. The van der Waals surface area contributed by atoms with Gasteiger partial charge in [-0.3, -0.25) is 4.79 Å². The van der Waals surface area contributed by atoms with E-state index in [4.69, 9.17) is 4.74 Å². The molecule has 0 spiro atoms. The Hall–Kier alpha value is -1.29. The van der Waals surface area contributed by atoms with Gasteiger partial charge in [-0.15, -0.1) is 0 Å². The van der Waals surface area contributed by atoms with E-state index in [1.165, 1.54) is 0 Å². The number of carbonyl (C=O) groups is 1. The van der Waals surface area contributed by atoms with Crippen molar-refractivity contribution in [3.05, 3.63) is 27.9 Å². The Kier molecular flexibility index (Phi) is 2.76. The zero-order valence-corrected chi connectivity index (χ0v) is 10.9. The van der Waals surface area contributed by atoms with Crippen LogP contribution in [-0.4, -0.2) is 17.9 Å². The third-order valence-corrected chi connectivity index (χ3v) is 3.35. The summed E-state index contributed by atoms with van der Waals surface area (Å²) in [6.45, 7) is 3.48. The minimum Gasteiger partial charge on any atom is -0.495 e. The number of hydrogen-bond acceptors (Lipinski definition) is 2. The summed E-state index contributed by atoms with van der Waals surface area (Å²) in [6, 6.07) is 3.79. The van der Waals surface area contributed by atoms with E-state index in [1.54, 1.807) is 14.0 Å². The lowest BCUT2D eigenvalue weighted by atomic mass is 10.1. The first kappa shape index (κ1) is 11.2. The van der Waals surface area contributed by atoms with Crippen molar-refractivity contribution in [2.45, 2.75) is 13.8 Å². The Morgan fingerprint density at radius 3 is 2.69 bits per heavy atom. The second-order valence-corrected chi connectivity index (χ2v) is 4.54. The number of carbonyl (C=O) groups excluding carboxylic acids is 1. The topological polar surface area (TPSA) is 42.1 Å². The van der Waals surface area contributed by atoms with Crippen molar-refractivity contribution in [3.8, 4) is 5.75 Å². The molecule has 0 atom stereocenters. The Labute approximate surface area is 102 Å². The van der Waals surface area contributed by atoms with Gasteiger partial charge >= 0.3 is 0 Å². The molecule has 2 aromatic rings. The van der Waals surface area contributed by atoms with Gasteiger partial charge in [-0.1, -0.05) is 15.9 Å². The third-order valence-electron chi connectivity index (χ3n) is 2.69. The minimum atomic E-state index is 0.0302. The molecule has 0 amide bonds. The molecule has 1 N–H and O–H groups in total. The fourth-order valence-corrected chi connectivity index (χ4v) is 2.54. The van der Waals surface area contributed by atoms with Crippen molar-refractivity contribution < 1.29 is 9.53 Å². The average Bonchev–Trinajstić information content (AvgIpc) is 2.58. The van der Waals surface area contributed by atoms with E-state index in [0.717, 1.165) is 26.7 Å². The lowest BCUT2D eigenvalue weighted by Gasteiger charge is -2.02. The lowest BCUT2D eigenvalue weighted by molar-refractivity contribution is 0.101. The molecule has 4 heteroatoms. The standard InChI is InChI=1S/C12H12BrNO2/c1-6-10-8(13)4-5-9(16-3)12(10)14-11(6)7(2)15/h4-5,14H,1-3H3. The number of nitrogens with one attached hydrogen (secondary N) is 1. The maximum absolute atomic E-state index is 11.5. The van der Waals surface area contributed by atoms with Gasteiger partial charge in [0.15, 0.2) is 5.78 Å². The summed E-state index contributed by atoms with van der Waals surface area (Å²) in [5.74, 6) is 0.774. The van der Waals surface area contributed by atoms with Crippen LogP contribution in [-0.2, 0) is 0 Å². The maximum atomic E-state index is 11.5. The number of hydrogen-bond donors (Lipinski definition) is 1. The second-order valence-electron chi connectivity index (χ2n) is 3.68. The first-order valence-electron chi connectivity index (χ1n) is 4.92. The summed E-state index contributed by atoms with van der Waals surface area (Å²) >= 11 is 3.49. The fourth-order valence-electron chi connectivity index (χ4n) is 1.91. The molecule has 1 aromatic carbocycles. The molecule has 1 aromatic heterocycles. The van der Waals surface area contributed by atoms with E-state index in [-0.39, 0.29) is 5.78 Å². The van der Waals surface area contributed by atoms with Crippen LogP contribution in [0.15, 0.2) is 16.6 Å². The molecule has 0 unspecified atom stereocenters. The number of aromatic amines is 1. The molecule has 1 heterocycles. The SMILES string of the molecule is COc1ccc(Br)c2c(C)c(C(C)=O)[nH]c12. The van der Waals surface area contributed by atoms with E-state index >= 15 is 0 Å². The number of halogens is 1. The molecule has 0 saturated carbocycles. The second kappa shape index (κ2) is 3.94. The molecule has 0 aliphatic heterocycles. The number of aryl methyl sites for hydroxylation is 1. The molecule has 16 heavy (non-hydrogen) atoms. The van der Waals surface area contributed by atoms with Gasteiger partial charge in [0.05, 0.1) is 18.3 Å². The van der Waals surface area contributed by atoms with Crippen molar-refractivity contribution in [1.82, 2.24) is 4.98 Å². The fraction of sp³-hybridized carbons (Fsp3) is 0.250. The number of benzene rings is 1. The van der Waals surface area contributed by atoms with Crippen LogP contribution in [0, 0.1) is 6.92 Å². The van der Waals surface area contributed by atoms with Crippen LogP contribution in [0.5, 0.6) is 5.75 Å². The molecule has 84 valence electrons. The number of fused-ring (bicyclic) bond motifs is 1. The van der Waals surface area contributed by atoms with Crippen molar-refractivity contribution in [1.29, 1.82) is 0 Å². The largest absolute Gasteiger partial charge is 0.495 e. The van der Waals surface area contributed by atoms with Gasteiger partial charge < -0.3 is 9.72 Å². The van der Waals surface area contributed by atoms with Gasteiger partial charge in [-0.05, 0) is 24.6 Å². The number of ketones is 1. The predicted molar refractivity (Wildman–Crippen MR) is 67.3 cm³/mol. The number of aromatic nitrogens is 1. The van der Waals surface area contributed by atoms with Crippen molar-refractivity contribution >= 4 is 32.6 Å². The van der Waals surface area contributed by atoms with Gasteiger partial charge in [-0.2, -0.15) is 0 Å². The zero-order valence-electron chi connectivity index (χ0n) is 9.35. The number of ether oxygens (including phenoxy) is 1. The van der Waals surface area contributed by atoms with Crippen LogP contribution < -0.4 is 4.74 Å². The van der Waals surface area contributed by atoms with E-state index in [9.17, 15) is 4.79 Å². The van der Waals surface area contributed by atoms with Crippen LogP contribution in [0.1, 0.15) is 23.0 Å². The highest BCUT2D eigenvalue weighted by Crippen LogP contribution is 2.35. The highest BCUT2D eigenvalue weighted by atomic mass is 79.9. The summed E-state index contributed by atoms with van der Waals surface area (Å²) in [6.07, 6.45) is 0. The van der Waals surface area contributed by atoms with E-state index < -0.39 is 0 Å². The van der Waals surface area contributed by atoms with Crippen LogP contribution in [0.2, 0.25) is 0 Å². The molecule has 2 rings (SSSR count). The van der Waals surface area contributed by atoms with Gasteiger partial charge in [0, 0.05) is 16.8 Å². The Balaban J connectivity index is 2.89. The summed E-state index contributed by atoms with van der Waals surface area (Å²) < 4.78 is 6.23. The van der Waals surface area contributed by atoms with E-state index in [1.807, 2.05) is 19.1 Å². The Bertz CT molecular complexity index is 572. The van der Waals surface area contributed by atoms with E-state index in [2.05, 4.69) is 20.9 Å². The van der Waals surface area contributed by atoms with Crippen LogP contribution in [0.4, 0.5) is 0 Å². The van der Waals surface area contributed by atoms with Crippen LogP contribution >= 0.6 is 15.9 Å². The minimum absolute atomic E-state index is 0.0302. The zero-order chi connectivity index (χ0) is 11.9. The quantitative estimate of drug-likeness (QED) is 0.857. The molecule has 3 nitrogen and oxygen atoms in total. The lowest BCUT2D eigenvalue weighted by Crippen LogP contribution is -1.94. The third kappa shape index (κ3) is 1.53. The molecule has 0 aliphatic rings. The number of H-pyrrole nitrogens is 1. The van der Waals surface area contributed by atoms with Crippen molar-refractivity contribution in [2.75, 3.05) is 7.11 Å². The number of methoxy groups -OCH3 is 1. The monoisotopic (exact) mass is 281 g/mol. The number of rotatable bonds is 2. The molecule has 0 saturated heterocycles. The van der Waals surface area contributed by atoms with Gasteiger partial charge in [-0.25, -0.2) is 0 Å². The normalized spacial score (nSPS) is 10.8.